The maximum Gasteiger partial charge on any atom is 0.266 e. The first-order valence-electron chi connectivity index (χ1n) is 9.13. The quantitative estimate of drug-likeness (QED) is 0.513. The van der Waals surface area contributed by atoms with Crippen molar-refractivity contribution in [3.63, 3.8) is 0 Å². The van der Waals surface area contributed by atoms with E-state index in [-0.39, 0.29) is 17.7 Å². The van der Waals surface area contributed by atoms with Crippen LogP contribution < -0.4 is 10.2 Å². The molecule has 0 saturated heterocycles. The number of nitrogens with zero attached hydrogens (tertiary/aromatic N) is 3. The second-order valence-corrected chi connectivity index (χ2v) is 7.14. The summed E-state index contributed by atoms with van der Waals surface area (Å²) in [6, 6.07) is 13.2. The topological polar surface area (TPSA) is 84.3 Å². The van der Waals surface area contributed by atoms with Crippen LogP contribution in [0.1, 0.15) is 32.0 Å². The first-order chi connectivity index (χ1) is 14.4. The molecule has 0 saturated carbocycles. The molecule has 30 heavy (non-hydrogen) atoms. The Morgan fingerprint density at radius 2 is 1.73 bits per heavy atom. The smallest absolute Gasteiger partial charge is 0.266 e. The number of carbonyl (C=O) groups excluding carboxylic acids is 3. The van der Waals surface area contributed by atoms with Crippen LogP contribution in [0.4, 0.5) is 11.4 Å². The third kappa shape index (κ3) is 3.40. The number of aryl methyl sites for hydroxylation is 2. The standard InChI is InChI=1S/C22H17ClN4O3/c1-13-16(20(23)26(2)25-13)10-11-19(28)24-14-6-5-7-15(12-14)27-21(29)17-8-3-4-9-18(17)22(27)30/h3-12H,1-2H3,(H,24,28)/b11-10+. The summed E-state index contributed by atoms with van der Waals surface area (Å²) in [5.74, 6) is -1.16. The van der Waals surface area contributed by atoms with E-state index in [1.165, 1.54) is 10.8 Å². The molecule has 150 valence electrons. The normalized spacial score (nSPS) is 13.2. The van der Waals surface area contributed by atoms with Crippen LogP contribution in [-0.4, -0.2) is 27.5 Å². The van der Waals surface area contributed by atoms with Crippen molar-refractivity contribution in [3.8, 4) is 0 Å². The van der Waals surface area contributed by atoms with Gasteiger partial charge in [0.05, 0.1) is 22.5 Å². The van der Waals surface area contributed by atoms with Crippen molar-refractivity contribution in [2.45, 2.75) is 6.92 Å². The van der Waals surface area contributed by atoms with E-state index in [4.69, 9.17) is 11.6 Å². The molecule has 0 aliphatic carbocycles. The lowest BCUT2D eigenvalue weighted by Crippen LogP contribution is -2.29. The molecule has 4 rings (SSSR count). The van der Waals surface area contributed by atoms with Crippen LogP contribution in [-0.2, 0) is 11.8 Å². The van der Waals surface area contributed by atoms with Crippen LogP contribution in [0.2, 0.25) is 5.15 Å². The molecule has 3 amide bonds. The van der Waals surface area contributed by atoms with Gasteiger partial charge >= 0.3 is 0 Å². The molecule has 3 aromatic rings. The minimum Gasteiger partial charge on any atom is -0.322 e. The van der Waals surface area contributed by atoms with Gasteiger partial charge in [0, 0.05) is 24.4 Å². The summed E-state index contributed by atoms with van der Waals surface area (Å²) < 4.78 is 1.53. The van der Waals surface area contributed by atoms with E-state index < -0.39 is 0 Å². The Kier molecular flexibility index (Phi) is 4.97. The number of rotatable bonds is 4. The molecular formula is C22H17ClN4O3. The van der Waals surface area contributed by atoms with Gasteiger partial charge in [0.2, 0.25) is 5.91 Å². The second kappa shape index (κ2) is 7.61. The Morgan fingerprint density at radius 3 is 2.33 bits per heavy atom. The van der Waals surface area contributed by atoms with Crippen LogP contribution >= 0.6 is 11.6 Å². The van der Waals surface area contributed by atoms with Crippen molar-refractivity contribution in [2.75, 3.05) is 10.2 Å². The van der Waals surface area contributed by atoms with Crippen LogP contribution in [0.25, 0.3) is 6.08 Å². The van der Waals surface area contributed by atoms with Crippen molar-refractivity contribution in [1.29, 1.82) is 0 Å². The molecule has 0 fully saturated rings. The van der Waals surface area contributed by atoms with Crippen LogP contribution in [0.5, 0.6) is 0 Å². The van der Waals surface area contributed by atoms with Crippen molar-refractivity contribution >= 4 is 46.8 Å². The van der Waals surface area contributed by atoms with Gasteiger partial charge < -0.3 is 5.32 Å². The minimum absolute atomic E-state index is 0.364. The Morgan fingerprint density at radius 1 is 1.07 bits per heavy atom. The number of amides is 3. The van der Waals surface area contributed by atoms with E-state index in [2.05, 4.69) is 10.4 Å². The van der Waals surface area contributed by atoms with E-state index in [0.717, 1.165) is 4.90 Å². The monoisotopic (exact) mass is 420 g/mol. The van der Waals surface area contributed by atoms with Gasteiger partial charge in [0.15, 0.2) is 0 Å². The van der Waals surface area contributed by atoms with E-state index >= 15 is 0 Å². The zero-order chi connectivity index (χ0) is 21.4. The molecular weight excluding hydrogens is 404 g/mol. The molecule has 1 N–H and O–H groups in total. The van der Waals surface area contributed by atoms with Crippen molar-refractivity contribution < 1.29 is 14.4 Å². The van der Waals surface area contributed by atoms with Gasteiger partial charge in [0.1, 0.15) is 5.15 Å². The number of fused-ring (bicyclic) bond motifs is 1. The highest BCUT2D eigenvalue weighted by Gasteiger charge is 2.36. The first kappa shape index (κ1) is 19.6. The molecule has 0 spiro atoms. The number of carbonyl (C=O) groups is 3. The molecule has 8 heteroatoms. The highest BCUT2D eigenvalue weighted by Crippen LogP contribution is 2.29. The van der Waals surface area contributed by atoms with Gasteiger partial charge in [-0.15, -0.1) is 0 Å². The summed E-state index contributed by atoms with van der Waals surface area (Å²) in [7, 11) is 1.72. The molecule has 7 nitrogen and oxygen atoms in total. The number of benzene rings is 2. The average molecular weight is 421 g/mol. The van der Waals surface area contributed by atoms with Gasteiger partial charge in [-0.2, -0.15) is 5.10 Å². The maximum atomic E-state index is 12.7. The maximum absolute atomic E-state index is 12.7. The molecule has 2 aromatic carbocycles. The zero-order valence-electron chi connectivity index (χ0n) is 16.2. The van der Waals surface area contributed by atoms with E-state index in [0.29, 0.717) is 38.9 Å². The zero-order valence-corrected chi connectivity index (χ0v) is 17.0. The van der Waals surface area contributed by atoms with E-state index in [1.54, 1.807) is 68.6 Å². The molecule has 0 radical (unpaired) electrons. The lowest BCUT2D eigenvalue weighted by molar-refractivity contribution is -0.111. The highest BCUT2D eigenvalue weighted by atomic mass is 35.5. The molecule has 1 aromatic heterocycles. The Labute approximate surface area is 177 Å². The molecule has 0 atom stereocenters. The fraction of sp³-hybridized carbons (Fsp3) is 0.0909. The number of imide groups is 1. The van der Waals surface area contributed by atoms with Crippen LogP contribution in [0, 0.1) is 6.92 Å². The SMILES string of the molecule is Cc1nn(C)c(Cl)c1/C=C/C(=O)Nc1cccc(N2C(=O)c3ccccc3C2=O)c1. The lowest BCUT2D eigenvalue weighted by atomic mass is 10.1. The van der Waals surface area contributed by atoms with Crippen molar-refractivity contribution in [3.05, 3.63) is 82.1 Å². The molecule has 0 bridgehead atoms. The predicted molar refractivity (Wildman–Crippen MR) is 115 cm³/mol. The van der Waals surface area contributed by atoms with Crippen molar-refractivity contribution in [1.82, 2.24) is 9.78 Å². The molecule has 0 unspecified atom stereocenters. The number of aromatic nitrogens is 2. The summed E-state index contributed by atoms with van der Waals surface area (Å²) in [4.78, 5) is 38.8. The van der Waals surface area contributed by atoms with E-state index in [9.17, 15) is 14.4 Å². The Hall–Kier alpha value is -3.71. The number of hydrogen-bond donors (Lipinski definition) is 1. The van der Waals surface area contributed by atoms with Gasteiger partial charge in [0.25, 0.3) is 11.8 Å². The molecule has 1 aliphatic heterocycles. The van der Waals surface area contributed by atoms with E-state index in [1.807, 2.05) is 0 Å². The number of anilines is 2. The summed E-state index contributed by atoms with van der Waals surface area (Å²) in [6.07, 6.45) is 2.94. The third-order valence-electron chi connectivity index (χ3n) is 4.76. The van der Waals surface area contributed by atoms with Crippen LogP contribution in [0.3, 0.4) is 0 Å². The first-order valence-corrected chi connectivity index (χ1v) is 9.50. The summed E-state index contributed by atoms with van der Waals surface area (Å²) in [5.41, 5.74) is 2.93. The predicted octanol–water partition coefficient (Wildman–Crippen LogP) is 3.83. The van der Waals surface area contributed by atoms with Gasteiger partial charge in [-0.3, -0.25) is 19.1 Å². The fourth-order valence-corrected chi connectivity index (χ4v) is 3.56. The minimum atomic E-state index is -0.388. The van der Waals surface area contributed by atoms with Crippen molar-refractivity contribution in [2.24, 2.45) is 7.05 Å². The highest BCUT2D eigenvalue weighted by molar-refractivity contribution is 6.34. The average Bonchev–Trinajstić information content (AvgIpc) is 3.12. The summed E-state index contributed by atoms with van der Waals surface area (Å²) >= 11 is 6.16. The summed E-state index contributed by atoms with van der Waals surface area (Å²) in [6.45, 7) is 1.80. The summed E-state index contributed by atoms with van der Waals surface area (Å²) in [5, 5.41) is 7.35. The Bertz CT molecular complexity index is 1190. The number of halogens is 1. The van der Waals surface area contributed by atoms with Gasteiger partial charge in [-0.25, -0.2) is 4.90 Å². The third-order valence-corrected chi connectivity index (χ3v) is 5.21. The number of hydrogen-bond acceptors (Lipinski definition) is 4. The second-order valence-electron chi connectivity index (χ2n) is 6.78. The molecule has 1 aliphatic rings. The lowest BCUT2D eigenvalue weighted by Gasteiger charge is -2.15. The fourth-order valence-electron chi connectivity index (χ4n) is 3.33. The van der Waals surface area contributed by atoms with Crippen LogP contribution in [0.15, 0.2) is 54.6 Å². The largest absolute Gasteiger partial charge is 0.322 e. The van der Waals surface area contributed by atoms with Gasteiger partial charge in [-0.1, -0.05) is 29.8 Å². The van der Waals surface area contributed by atoms with Gasteiger partial charge in [-0.05, 0) is 43.3 Å². The molecule has 2 heterocycles. The Balaban J connectivity index is 1.53. The number of nitrogens with one attached hydrogen (secondary N) is 1.